The average Bonchev–Trinajstić information content (AvgIpc) is 2.88. The molecule has 1 spiro atoms. The highest BCUT2D eigenvalue weighted by molar-refractivity contribution is 5.69. The van der Waals surface area contributed by atoms with E-state index in [4.69, 9.17) is 9.84 Å². The molecule has 0 aromatic carbocycles. The normalized spacial score (nSPS) is 26.6. The van der Waals surface area contributed by atoms with E-state index in [0.29, 0.717) is 0 Å². The first-order chi connectivity index (χ1) is 8.51. The maximum absolute atomic E-state index is 10.9. The predicted octanol–water partition coefficient (Wildman–Crippen LogP) is 2.27. The van der Waals surface area contributed by atoms with Crippen LogP contribution in [-0.2, 0) is 9.53 Å². The van der Waals surface area contributed by atoms with Crippen molar-refractivity contribution in [3.05, 3.63) is 0 Å². The molecule has 1 atom stereocenters. The van der Waals surface area contributed by atoms with Crippen molar-refractivity contribution in [2.24, 2.45) is 0 Å². The van der Waals surface area contributed by atoms with Crippen LogP contribution >= 0.6 is 0 Å². The Morgan fingerprint density at radius 1 is 1.39 bits per heavy atom. The highest BCUT2D eigenvalue weighted by Gasteiger charge is 2.42. The number of carboxylic acid groups (broad SMARTS) is 1. The first-order valence-corrected chi connectivity index (χ1v) is 7.14. The van der Waals surface area contributed by atoms with Crippen molar-refractivity contribution < 1.29 is 14.6 Å². The van der Waals surface area contributed by atoms with Crippen LogP contribution in [0.2, 0.25) is 0 Å². The molecule has 104 valence electrons. The van der Waals surface area contributed by atoms with Gasteiger partial charge in [0.2, 0.25) is 0 Å². The first kappa shape index (κ1) is 13.8. The molecule has 0 aromatic heterocycles. The van der Waals surface area contributed by atoms with E-state index in [1.54, 1.807) is 0 Å². The molecule has 1 aliphatic heterocycles. The molecular weight excluding hydrogens is 230 g/mol. The third-order valence-electron chi connectivity index (χ3n) is 4.36. The minimum Gasteiger partial charge on any atom is -0.480 e. The maximum atomic E-state index is 10.9. The zero-order valence-electron chi connectivity index (χ0n) is 11.5. The zero-order chi connectivity index (χ0) is 13.2. The summed E-state index contributed by atoms with van der Waals surface area (Å²) in [5.74, 6) is -0.753. The van der Waals surface area contributed by atoms with Gasteiger partial charge in [0.1, 0.15) is 0 Å². The highest BCUT2D eigenvalue weighted by atomic mass is 16.5. The minimum absolute atomic E-state index is 0.116. The van der Waals surface area contributed by atoms with Gasteiger partial charge in [0.15, 0.2) is 0 Å². The maximum Gasteiger partial charge on any atom is 0.317 e. The number of carbonyl (C=O) groups is 1. The first-order valence-electron chi connectivity index (χ1n) is 7.14. The topological polar surface area (TPSA) is 49.8 Å². The number of aliphatic carboxylic acids is 1. The molecule has 18 heavy (non-hydrogen) atoms. The molecule has 1 aliphatic carbocycles. The van der Waals surface area contributed by atoms with Gasteiger partial charge in [-0.15, -0.1) is 0 Å². The summed E-state index contributed by atoms with van der Waals surface area (Å²) in [5.41, 5.74) is 0.149. The standard InChI is InChI=1S/C14H25NO3/c1-11(2)15(10-13(16)17)9-12-5-8-14(18-12)6-3-4-7-14/h11-12H,3-10H2,1-2H3,(H,16,17). The van der Waals surface area contributed by atoms with E-state index >= 15 is 0 Å². The Balaban J connectivity index is 1.86. The number of nitrogens with zero attached hydrogens (tertiary/aromatic N) is 1. The van der Waals surface area contributed by atoms with E-state index in [1.165, 1.54) is 25.7 Å². The van der Waals surface area contributed by atoms with Gasteiger partial charge in [0, 0.05) is 12.6 Å². The van der Waals surface area contributed by atoms with E-state index in [2.05, 4.69) is 0 Å². The SMILES string of the molecule is CC(C)N(CC(=O)O)CC1CCC2(CCCC2)O1. The van der Waals surface area contributed by atoms with E-state index < -0.39 is 5.97 Å². The van der Waals surface area contributed by atoms with Gasteiger partial charge in [-0.2, -0.15) is 0 Å². The van der Waals surface area contributed by atoms with Crippen LogP contribution in [0.4, 0.5) is 0 Å². The van der Waals surface area contributed by atoms with Gasteiger partial charge in [-0.3, -0.25) is 9.69 Å². The molecule has 1 heterocycles. The second kappa shape index (κ2) is 5.57. The van der Waals surface area contributed by atoms with Crippen LogP contribution in [-0.4, -0.2) is 46.8 Å². The fourth-order valence-electron chi connectivity index (χ4n) is 3.30. The fourth-order valence-corrected chi connectivity index (χ4v) is 3.30. The molecule has 2 rings (SSSR count). The molecular formula is C14H25NO3. The van der Waals surface area contributed by atoms with Gasteiger partial charge in [-0.05, 0) is 39.5 Å². The Morgan fingerprint density at radius 3 is 2.61 bits per heavy atom. The van der Waals surface area contributed by atoms with Crippen molar-refractivity contribution in [2.75, 3.05) is 13.1 Å². The summed E-state index contributed by atoms with van der Waals surface area (Å²) in [7, 11) is 0. The lowest BCUT2D eigenvalue weighted by molar-refractivity contribution is -0.139. The van der Waals surface area contributed by atoms with Crippen LogP contribution < -0.4 is 0 Å². The Morgan fingerprint density at radius 2 is 2.06 bits per heavy atom. The molecule has 4 nitrogen and oxygen atoms in total. The third kappa shape index (κ3) is 3.23. The van der Waals surface area contributed by atoms with Crippen LogP contribution in [0.1, 0.15) is 52.4 Å². The van der Waals surface area contributed by atoms with Crippen LogP contribution in [0.25, 0.3) is 0 Å². The van der Waals surface area contributed by atoms with Gasteiger partial charge >= 0.3 is 5.97 Å². The van der Waals surface area contributed by atoms with Gasteiger partial charge in [-0.25, -0.2) is 0 Å². The van der Waals surface area contributed by atoms with Gasteiger partial charge in [0.05, 0.1) is 18.2 Å². The van der Waals surface area contributed by atoms with Crippen molar-refractivity contribution in [2.45, 2.75) is 70.1 Å². The molecule has 0 amide bonds. The van der Waals surface area contributed by atoms with Crippen molar-refractivity contribution in [1.29, 1.82) is 0 Å². The molecule has 1 N–H and O–H groups in total. The monoisotopic (exact) mass is 255 g/mol. The largest absolute Gasteiger partial charge is 0.480 e. The van der Waals surface area contributed by atoms with Crippen LogP contribution in [0.15, 0.2) is 0 Å². The van der Waals surface area contributed by atoms with E-state index in [0.717, 1.165) is 19.4 Å². The van der Waals surface area contributed by atoms with Crippen molar-refractivity contribution in [3.8, 4) is 0 Å². The Hall–Kier alpha value is -0.610. The molecule has 0 radical (unpaired) electrons. The summed E-state index contributed by atoms with van der Waals surface area (Å²) in [4.78, 5) is 12.9. The summed E-state index contributed by atoms with van der Waals surface area (Å²) in [6.07, 6.45) is 7.45. The van der Waals surface area contributed by atoms with Crippen molar-refractivity contribution in [3.63, 3.8) is 0 Å². The number of hydrogen-bond donors (Lipinski definition) is 1. The van der Waals surface area contributed by atoms with Gasteiger partial charge < -0.3 is 9.84 Å². The summed E-state index contributed by atoms with van der Waals surface area (Å²) >= 11 is 0. The van der Waals surface area contributed by atoms with Crippen molar-refractivity contribution >= 4 is 5.97 Å². The number of rotatable bonds is 5. The number of carboxylic acids is 1. The van der Waals surface area contributed by atoms with Gasteiger partial charge in [-0.1, -0.05) is 12.8 Å². The molecule has 1 unspecified atom stereocenters. The van der Waals surface area contributed by atoms with Crippen LogP contribution in [0.5, 0.6) is 0 Å². The molecule has 2 fully saturated rings. The van der Waals surface area contributed by atoms with E-state index in [-0.39, 0.29) is 24.3 Å². The predicted molar refractivity (Wildman–Crippen MR) is 69.7 cm³/mol. The highest BCUT2D eigenvalue weighted by Crippen LogP contribution is 2.43. The molecule has 1 saturated carbocycles. The van der Waals surface area contributed by atoms with E-state index in [9.17, 15) is 4.79 Å². The summed E-state index contributed by atoms with van der Waals surface area (Å²) in [6, 6.07) is 0.254. The van der Waals surface area contributed by atoms with Crippen LogP contribution in [0, 0.1) is 0 Å². The fraction of sp³-hybridized carbons (Fsp3) is 0.929. The smallest absolute Gasteiger partial charge is 0.317 e. The summed E-state index contributed by atoms with van der Waals surface area (Å²) in [5, 5.41) is 8.93. The van der Waals surface area contributed by atoms with Gasteiger partial charge in [0.25, 0.3) is 0 Å². The molecule has 2 aliphatic rings. The Bertz CT molecular complexity index is 297. The quantitative estimate of drug-likeness (QED) is 0.818. The molecule has 4 heteroatoms. The zero-order valence-corrected chi connectivity index (χ0v) is 11.5. The molecule has 0 aromatic rings. The lowest BCUT2D eigenvalue weighted by atomic mass is 9.98. The number of ether oxygens (including phenoxy) is 1. The van der Waals surface area contributed by atoms with Crippen molar-refractivity contribution in [1.82, 2.24) is 4.90 Å². The minimum atomic E-state index is -0.753. The third-order valence-corrected chi connectivity index (χ3v) is 4.36. The molecule has 1 saturated heterocycles. The lowest BCUT2D eigenvalue weighted by Crippen LogP contribution is -2.41. The lowest BCUT2D eigenvalue weighted by Gasteiger charge is -2.29. The average molecular weight is 255 g/mol. The number of hydrogen-bond acceptors (Lipinski definition) is 3. The second-order valence-corrected chi connectivity index (χ2v) is 6.09. The molecule has 0 bridgehead atoms. The second-order valence-electron chi connectivity index (χ2n) is 6.09. The van der Waals surface area contributed by atoms with Crippen LogP contribution in [0.3, 0.4) is 0 Å². The summed E-state index contributed by atoms with van der Waals surface area (Å²) in [6.45, 7) is 4.96. The van der Waals surface area contributed by atoms with E-state index in [1.807, 2.05) is 18.7 Å². The Kier molecular flexibility index (Phi) is 4.28. The summed E-state index contributed by atoms with van der Waals surface area (Å²) < 4.78 is 6.24. The Labute approximate surface area is 109 Å².